The fraction of sp³-hybridized carbons (Fsp3) is 0.474. The minimum Gasteiger partial charge on any atom is -0.399 e. The number of aromatic amines is 1. The summed E-state index contributed by atoms with van der Waals surface area (Å²) in [5.41, 5.74) is 8.65. The molecule has 0 unspecified atom stereocenters. The van der Waals surface area contributed by atoms with Crippen LogP contribution in [0.3, 0.4) is 0 Å². The van der Waals surface area contributed by atoms with Crippen LogP contribution in [-0.4, -0.2) is 41.0 Å². The fourth-order valence-corrected chi connectivity index (χ4v) is 3.13. The van der Waals surface area contributed by atoms with Crippen LogP contribution in [0.2, 0.25) is 0 Å². The van der Waals surface area contributed by atoms with Crippen molar-refractivity contribution in [2.45, 2.75) is 32.7 Å². The number of nitrogens with two attached hydrogens (primary N) is 1. The second-order valence-corrected chi connectivity index (χ2v) is 6.67. The standard InChI is InChI=1S/C19H27N5O/c1-2-3-4-17-13-18(25)22-19(21-17)24-11-9-23(10-12-24)14-15-5-7-16(20)8-6-15/h5-8,13H,2-4,9-12,14,20H2,1H3,(H,21,22,25). The lowest BCUT2D eigenvalue weighted by Gasteiger charge is -2.35. The van der Waals surface area contributed by atoms with Gasteiger partial charge in [0.25, 0.3) is 5.56 Å². The van der Waals surface area contributed by atoms with Crippen LogP contribution in [0, 0.1) is 0 Å². The zero-order chi connectivity index (χ0) is 17.6. The van der Waals surface area contributed by atoms with Crippen LogP contribution in [0.25, 0.3) is 0 Å². The number of piperazine rings is 1. The van der Waals surface area contributed by atoms with E-state index in [0.717, 1.165) is 63.4 Å². The molecule has 0 saturated carbocycles. The van der Waals surface area contributed by atoms with E-state index < -0.39 is 0 Å². The van der Waals surface area contributed by atoms with Gasteiger partial charge in [0.1, 0.15) is 0 Å². The number of H-pyrrole nitrogens is 1. The lowest BCUT2D eigenvalue weighted by Crippen LogP contribution is -2.47. The maximum absolute atomic E-state index is 11.9. The molecule has 1 aromatic carbocycles. The van der Waals surface area contributed by atoms with Crippen molar-refractivity contribution in [3.05, 3.63) is 51.9 Å². The van der Waals surface area contributed by atoms with Gasteiger partial charge in [-0.05, 0) is 30.5 Å². The Balaban J connectivity index is 1.59. The smallest absolute Gasteiger partial charge is 0.252 e. The van der Waals surface area contributed by atoms with E-state index in [1.165, 1.54) is 5.56 Å². The van der Waals surface area contributed by atoms with E-state index in [1.807, 2.05) is 12.1 Å². The third kappa shape index (κ3) is 4.82. The second kappa shape index (κ2) is 8.16. The van der Waals surface area contributed by atoms with Crippen molar-refractivity contribution < 1.29 is 0 Å². The average Bonchev–Trinajstić information content (AvgIpc) is 2.62. The molecule has 2 heterocycles. The Morgan fingerprint density at radius 2 is 1.88 bits per heavy atom. The maximum atomic E-state index is 11.9. The Kier molecular flexibility index (Phi) is 5.71. The number of benzene rings is 1. The Morgan fingerprint density at radius 1 is 1.16 bits per heavy atom. The highest BCUT2D eigenvalue weighted by Gasteiger charge is 2.19. The summed E-state index contributed by atoms with van der Waals surface area (Å²) < 4.78 is 0. The Bertz CT molecular complexity index is 732. The molecule has 25 heavy (non-hydrogen) atoms. The Labute approximate surface area is 148 Å². The molecule has 1 aliphatic rings. The van der Waals surface area contributed by atoms with Gasteiger partial charge in [-0.15, -0.1) is 0 Å². The third-order valence-corrected chi connectivity index (χ3v) is 4.63. The average molecular weight is 341 g/mol. The van der Waals surface area contributed by atoms with E-state index in [1.54, 1.807) is 6.07 Å². The number of aromatic nitrogens is 2. The number of nitrogens with zero attached hydrogens (tertiary/aromatic N) is 3. The third-order valence-electron chi connectivity index (χ3n) is 4.63. The first-order valence-electron chi connectivity index (χ1n) is 9.06. The van der Waals surface area contributed by atoms with Gasteiger partial charge in [-0.1, -0.05) is 25.5 Å². The van der Waals surface area contributed by atoms with Gasteiger partial charge in [0.05, 0.1) is 0 Å². The molecule has 134 valence electrons. The number of anilines is 2. The van der Waals surface area contributed by atoms with Crippen LogP contribution in [0.4, 0.5) is 11.6 Å². The number of hydrogen-bond donors (Lipinski definition) is 2. The number of nitrogen functional groups attached to an aromatic ring is 1. The lowest BCUT2D eigenvalue weighted by atomic mass is 10.2. The number of rotatable bonds is 6. The molecule has 0 bridgehead atoms. The predicted molar refractivity (Wildman–Crippen MR) is 102 cm³/mol. The summed E-state index contributed by atoms with van der Waals surface area (Å²) in [5.74, 6) is 0.714. The highest BCUT2D eigenvalue weighted by Crippen LogP contribution is 2.14. The summed E-state index contributed by atoms with van der Waals surface area (Å²) in [6, 6.07) is 9.68. The van der Waals surface area contributed by atoms with Gasteiger partial charge in [0.2, 0.25) is 5.95 Å². The zero-order valence-corrected chi connectivity index (χ0v) is 14.9. The summed E-state index contributed by atoms with van der Waals surface area (Å²) in [6.45, 7) is 6.72. The SMILES string of the molecule is CCCCc1cc(=O)[nH]c(N2CCN(Cc3ccc(N)cc3)CC2)n1. The highest BCUT2D eigenvalue weighted by atomic mass is 16.1. The first-order valence-corrected chi connectivity index (χ1v) is 9.06. The summed E-state index contributed by atoms with van der Waals surface area (Å²) in [7, 11) is 0. The van der Waals surface area contributed by atoms with Crippen LogP contribution in [0.15, 0.2) is 35.1 Å². The molecule has 1 saturated heterocycles. The van der Waals surface area contributed by atoms with Crippen molar-refractivity contribution in [3.8, 4) is 0 Å². The van der Waals surface area contributed by atoms with E-state index in [9.17, 15) is 4.79 Å². The van der Waals surface area contributed by atoms with Crippen molar-refractivity contribution in [3.63, 3.8) is 0 Å². The quantitative estimate of drug-likeness (QED) is 0.786. The second-order valence-electron chi connectivity index (χ2n) is 6.67. The van der Waals surface area contributed by atoms with Crippen LogP contribution < -0.4 is 16.2 Å². The molecule has 0 atom stereocenters. The molecule has 3 N–H and O–H groups in total. The summed E-state index contributed by atoms with van der Waals surface area (Å²) in [4.78, 5) is 24.0. The van der Waals surface area contributed by atoms with Crippen molar-refractivity contribution in [1.29, 1.82) is 0 Å². The van der Waals surface area contributed by atoms with Crippen LogP contribution in [-0.2, 0) is 13.0 Å². The van der Waals surface area contributed by atoms with E-state index in [2.05, 4.69) is 38.8 Å². The molecule has 1 aromatic heterocycles. The Morgan fingerprint density at radius 3 is 2.56 bits per heavy atom. The van der Waals surface area contributed by atoms with Gasteiger partial charge in [0, 0.05) is 50.2 Å². The molecule has 6 nitrogen and oxygen atoms in total. The van der Waals surface area contributed by atoms with Gasteiger partial charge in [-0.3, -0.25) is 14.7 Å². The molecule has 0 amide bonds. The molecule has 2 aromatic rings. The van der Waals surface area contributed by atoms with E-state index >= 15 is 0 Å². The molecule has 3 rings (SSSR count). The van der Waals surface area contributed by atoms with Gasteiger partial charge < -0.3 is 10.6 Å². The lowest BCUT2D eigenvalue weighted by molar-refractivity contribution is 0.248. The van der Waals surface area contributed by atoms with Crippen LogP contribution in [0.1, 0.15) is 31.0 Å². The van der Waals surface area contributed by atoms with Crippen molar-refractivity contribution >= 4 is 11.6 Å². The van der Waals surface area contributed by atoms with Crippen molar-refractivity contribution in [2.24, 2.45) is 0 Å². The molecular weight excluding hydrogens is 314 g/mol. The summed E-state index contributed by atoms with van der Waals surface area (Å²) >= 11 is 0. The van der Waals surface area contributed by atoms with E-state index in [0.29, 0.717) is 5.95 Å². The number of unbranched alkanes of at least 4 members (excludes halogenated alkanes) is 1. The maximum Gasteiger partial charge on any atom is 0.252 e. The molecule has 1 aliphatic heterocycles. The first kappa shape index (κ1) is 17.5. The van der Waals surface area contributed by atoms with Gasteiger partial charge in [-0.2, -0.15) is 0 Å². The van der Waals surface area contributed by atoms with Gasteiger partial charge >= 0.3 is 0 Å². The normalized spacial score (nSPS) is 15.5. The molecule has 0 aliphatic carbocycles. The van der Waals surface area contributed by atoms with Gasteiger partial charge in [-0.25, -0.2) is 4.98 Å². The molecule has 0 spiro atoms. The molecular formula is C19H27N5O. The fourth-order valence-electron chi connectivity index (χ4n) is 3.13. The van der Waals surface area contributed by atoms with Crippen molar-refractivity contribution in [2.75, 3.05) is 36.8 Å². The minimum absolute atomic E-state index is 0.0552. The number of hydrogen-bond acceptors (Lipinski definition) is 5. The number of aryl methyl sites for hydroxylation is 1. The monoisotopic (exact) mass is 341 g/mol. The zero-order valence-electron chi connectivity index (χ0n) is 14.9. The topological polar surface area (TPSA) is 78.2 Å². The largest absolute Gasteiger partial charge is 0.399 e. The molecule has 6 heteroatoms. The minimum atomic E-state index is -0.0552. The summed E-state index contributed by atoms with van der Waals surface area (Å²) in [6.07, 6.45) is 3.03. The van der Waals surface area contributed by atoms with E-state index in [4.69, 9.17) is 5.73 Å². The number of nitrogens with one attached hydrogen (secondary N) is 1. The predicted octanol–water partition coefficient (Wildman–Crippen LogP) is 2.02. The van der Waals surface area contributed by atoms with Gasteiger partial charge in [0.15, 0.2) is 0 Å². The van der Waals surface area contributed by atoms with Crippen molar-refractivity contribution in [1.82, 2.24) is 14.9 Å². The first-order chi connectivity index (χ1) is 12.1. The molecule has 1 fully saturated rings. The van der Waals surface area contributed by atoms with Crippen LogP contribution in [0.5, 0.6) is 0 Å². The molecule has 0 radical (unpaired) electrons. The highest BCUT2D eigenvalue weighted by molar-refractivity contribution is 5.39. The van der Waals surface area contributed by atoms with E-state index in [-0.39, 0.29) is 5.56 Å². The van der Waals surface area contributed by atoms with Crippen LogP contribution >= 0.6 is 0 Å². The Hall–Kier alpha value is -2.34. The summed E-state index contributed by atoms with van der Waals surface area (Å²) in [5, 5.41) is 0.